The average Bonchev–Trinajstić information content (AvgIpc) is 2.98. The first-order valence-corrected chi connectivity index (χ1v) is 7.64. The molecule has 1 aliphatic heterocycles. The first kappa shape index (κ1) is 11.7. The number of allylic oxidation sites excluding steroid dienone is 1. The molecule has 0 saturated heterocycles. The lowest BCUT2D eigenvalue weighted by Crippen LogP contribution is -2.24. The molecule has 94 valence electrons. The minimum Gasteiger partial charge on any atom is -0.379 e. The zero-order valence-corrected chi connectivity index (χ0v) is 11.8. The molecule has 1 unspecified atom stereocenters. The van der Waals surface area contributed by atoms with Crippen molar-refractivity contribution in [1.82, 2.24) is 9.88 Å². The molecule has 18 heavy (non-hydrogen) atoms. The van der Waals surface area contributed by atoms with E-state index in [2.05, 4.69) is 46.0 Å². The van der Waals surface area contributed by atoms with Gasteiger partial charge in [0, 0.05) is 36.0 Å². The summed E-state index contributed by atoms with van der Waals surface area (Å²) in [6.45, 7) is 1.01. The first-order chi connectivity index (χ1) is 8.72. The fourth-order valence-corrected chi connectivity index (χ4v) is 3.75. The van der Waals surface area contributed by atoms with Gasteiger partial charge in [-0.15, -0.1) is 22.7 Å². The molecular weight excluding hydrogens is 262 g/mol. The number of aromatic nitrogens is 1. The Labute approximate surface area is 115 Å². The highest BCUT2D eigenvalue weighted by Gasteiger charge is 2.23. The van der Waals surface area contributed by atoms with E-state index in [9.17, 15) is 0 Å². The summed E-state index contributed by atoms with van der Waals surface area (Å²) >= 11 is 3.33. The Hall–Kier alpha value is -1.33. The molecule has 5 heteroatoms. The van der Waals surface area contributed by atoms with Crippen LogP contribution in [0.2, 0.25) is 0 Å². The standard InChI is InChI=1S/C13H15N3S2/c1-16-6-9(11-8-18-13(14)15-11)5-10(7-16)12-3-2-4-17-12/h2-4,7-9H,5-6H2,1H3,(H2,14,15). The number of hydrogen-bond donors (Lipinski definition) is 1. The van der Waals surface area contributed by atoms with E-state index >= 15 is 0 Å². The number of nitrogens with zero attached hydrogens (tertiary/aromatic N) is 2. The zero-order chi connectivity index (χ0) is 12.5. The van der Waals surface area contributed by atoms with Gasteiger partial charge >= 0.3 is 0 Å². The van der Waals surface area contributed by atoms with Crippen molar-refractivity contribution >= 4 is 33.4 Å². The smallest absolute Gasteiger partial charge is 0.180 e. The number of hydrogen-bond acceptors (Lipinski definition) is 5. The van der Waals surface area contributed by atoms with Crippen LogP contribution >= 0.6 is 22.7 Å². The highest BCUT2D eigenvalue weighted by atomic mass is 32.1. The van der Waals surface area contributed by atoms with Gasteiger partial charge in [-0.1, -0.05) is 6.07 Å². The van der Waals surface area contributed by atoms with Crippen molar-refractivity contribution in [2.24, 2.45) is 0 Å². The van der Waals surface area contributed by atoms with Gasteiger partial charge in [-0.3, -0.25) is 0 Å². The molecule has 0 bridgehead atoms. The third-order valence-electron chi connectivity index (χ3n) is 3.15. The molecule has 0 aromatic carbocycles. The Morgan fingerprint density at radius 3 is 3.00 bits per heavy atom. The Morgan fingerprint density at radius 2 is 2.33 bits per heavy atom. The first-order valence-electron chi connectivity index (χ1n) is 5.88. The summed E-state index contributed by atoms with van der Waals surface area (Å²) < 4.78 is 0. The van der Waals surface area contributed by atoms with Crippen LogP contribution in [0.15, 0.2) is 29.1 Å². The lowest BCUT2D eigenvalue weighted by Gasteiger charge is -2.28. The number of thiazole rings is 1. The van der Waals surface area contributed by atoms with Crippen molar-refractivity contribution in [3.05, 3.63) is 39.7 Å². The molecule has 2 aromatic rings. The molecule has 3 nitrogen and oxygen atoms in total. The molecule has 0 aliphatic carbocycles. The van der Waals surface area contributed by atoms with Crippen LogP contribution in [0.3, 0.4) is 0 Å². The van der Waals surface area contributed by atoms with Crippen LogP contribution in [0.25, 0.3) is 5.57 Å². The second kappa shape index (κ2) is 4.74. The molecule has 0 fully saturated rings. The average molecular weight is 277 g/mol. The van der Waals surface area contributed by atoms with Gasteiger partial charge in [0.05, 0.1) is 5.69 Å². The van der Waals surface area contributed by atoms with Crippen molar-refractivity contribution < 1.29 is 0 Å². The summed E-state index contributed by atoms with van der Waals surface area (Å²) in [5, 5.41) is 4.88. The summed E-state index contributed by atoms with van der Waals surface area (Å²) in [6.07, 6.45) is 3.30. The quantitative estimate of drug-likeness (QED) is 0.916. The molecule has 0 spiro atoms. The Morgan fingerprint density at radius 1 is 1.44 bits per heavy atom. The lowest BCUT2D eigenvalue weighted by molar-refractivity contribution is 0.393. The van der Waals surface area contributed by atoms with E-state index in [0.29, 0.717) is 11.0 Å². The predicted octanol–water partition coefficient (Wildman–Crippen LogP) is 3.25. The third kappa shape index (κ3) is 2.28. The lowest BCUT2D eigenvalue weighted by atomic mass is 9.93. The second-order valence-electron chi connectivity index (χ2n) is 4.58. The van der Waals surface area contributed by atoms with Crippen molar-refractivity contribution in [3.8, 4) is 0 Å². The van der Waals surface area contributed by atoms with E-state index < -0.39 is 0 Å². The molecule has 1 atom stereocenters. The summed E-state index contributed by atoms with van der Waals surface area (Å²) in [5.74, 6) is 0.450. The van der Waals surface area contributed by atoms with Crippen LogP contribution < -0.4 is 5.73 Å². The number of nitrogens with two attached hydrogens (primary N) is 1. The predicted molar refractivity (Wildman–Crippen MR) is 78.8 cm³/mol. The molecule has 2 N–H and O–H groups in total. The number of thiophene rings is 1. The number of likely N-dealkylation sites (N-methyl/N-ethyl adjacent to an activating group) is 1. The van der Waals surface area contributed by atoms with E-state index in [1.807, 2.05) is 0 Å². The van der Waals surface area contributed by atoms with E-state index in [-0.39, 0.29) is 0 Å². The maximum Gasteiger partial charge on any atom is 0.180 e. The molecule has 0 radical (unpaired) electrons. The number of anilines is 1. The molecule has 0 amide bonds. The van der Waals surface area contributed by atoms with E-state index in [4.69, 9.17) is 5.73 Å². The normalized spacial score (nSPS) is 19.9. The molecule has 0 saturated carbocycles. The van der Waals surface area contributed by atoms with Gasteiger partial charge in [0.1, 0.15) is 0 Å². The van der Waals surface area contributed by atoms with Crippen LogP contribution in [0.4, 0.5) is 5.13 Å². The van der Waals surface area contributed by atoms with Crippen molar-refractivity contribution in [3.63, 3.8) is 0 Å². The van der Waals surface area contributed by atoms with E-state index in [0.717, 1.165) is 18.7 Å². The van der Waals surface area contributed by atoms with Gasteiger partial charge < -0.3 is 10.6 Å². The van der Waals surface area contributed by atoms with Crippen molar-refractivity contribution in [1.29, 1.82) is 0 Å². The fraction of sp³-hybridized carbons (Fsp3) is 0.308. The maximum atomic E-state index is 5.73. The van der Waals surface area contributed by atoms with Crippen LogP contribution in [0, 0.1) is 0 Å². The van der Waals surface area contributed by atoms with Gasteiger partial charge in [-0.05, 0) is 23.4 Å². The molecule has 3 heterocycles. The number of nitrogen functional groups attached to an aromatic ring is 1. The van der Waals surface area contributed by atoms with Gasteiger partial charge in [0.25, 0.3) is 0 Å². The Balaban J connectivity index is 1.87. The minimum absolute atomic E-state index is 0.450. The van der Waals surface area contributed by atoms with E-state index in [1.54, 1.807) is 11.3 Å². The summed E-state index contributed by atoms with van der Waals surface area (Å²) in [6, 6.07) is 4.29. The molecule has 1 aliphatic rings. The van der Waals surface area contributed by atoms with Crippen LogP contribution in [-0.2, 0) is 0 Å². The third-order valence-corrected chi connectivity index (χ3v) is 4.78. The van der Waals surface area contributed by atoms with Crippen LogP contribution in [-0.4, -0.2) is 23.5 Å². The topological polar surface area (TPSA) is 42.1 Å². The van der Waals surface area contributed by atoms with Gasteiger partial charge in [-0.25, -0.2) is 4.98 Å². The highest BCUT2D eigenvalue weighted by molar-refractivity contribution is 7.13. The zero-order valence-electron chi connectivity index (χ0n) is 10.2. The largest absolute Gasteiger partial charge is 0.379 e. The maximum absolute atomic E-state index is 5.73. The highest BCUT2D eigenvalue weighted by Crippen LogP contribution is 2.36. The summed E-state index contributed by atoms with van der Waals surface area (Å²) in [5.41, 5.74) is 8.26. The summed E-state index contributed by atoms with van der Waals surface area (Å²) in [4.78, 5) is 8.04. The summed E-state index contributed by atoms with van der Waals surface area (Å²) in [7, 11) is 2.12. The molecule has 3 rings (SSSR count). The van der Waals surface area contributed by atoms with Crippen LogP contribution in [0.5, 0.6) is 0 Å². The number of rotatable bonds is 2. The van der Waals surface area contributed by atoms with E-state index in [1.165, 1.54) is 21.8 Å². The Kier molecular flexibility index (Phi) is 3.09. The second-order valence-corrected chi connectivity index (χ2v) is 6.42. The minimum atomic E-state index is 0.450. The SMILES string of the molecule is CN1C=C(c2cccs2)CC(c2csc(N)n2)C1. The molecular formula is C13H15N3S2. The van der Waals surface area contributed by atoms with Gasteiger partial charge in [-0.2, -0.15) is 0 Å². The van der Waals surface area contributed by atoms with Gasteiger partial charge in [0.2, 0.25) is 0 Å². The fourth-order valence-electron chi connectivity index (χ4n) is 2.36. The van der Waals surface area contributed by atoms with Gasteiger partial charge in [0.15, 0.2) is 5.13 Å². The van der Waals surface area contributed by atoms with Crippen LogP contribution in [0.1, 0.15) is 22.9 Å². The van der Waals surface area contributed by atoms with Crippen molar-refractivity contribution in [2.45, 2.75) is 12.3 Å². The monoisotopic (exact) mass is 277 g/mol. The van der Waals surface area contributed by atoms with Crippen molar-refractivity contribution in [2.75, 3.05) is 19.3 Å². The molecule has 2 aromatic heterocycles. The Bertz CT molecular complexity index is 557.